The fourth-order valence-corrected chi connectivity index (χ4v) is 7.38. The molecule has 2 atom stereocenters. The van der Waals surface area contributed by atoms with E-state index in [1.807, 2.05) is 31.2 Å². The third kappa shape index (κ3) is 6.46. The number of hydrogen-bond donors (Lipinski definition) is 5. The van der Waals surface area contributed by atoms with Crippen LogP contribution in [0.4, 0.5) is 5.69 Å². The highest BCUT2D eigenvalue weighted by Gasteiger charge is 2.43. The topological polar surface area (TPSA) is 202 Å². The van der Waals surface area contributed by atoms with Gasteiger partial charge in [0, 0.05) is 22.3 Å². The molecule has 0 aliphatic carbocycles. The van der Waals surface area contributed by atoms with Gasteiger partial charge in [-0.25, -0.2) is 27.1 Å². The maximum atomic E-state index is 12.5. The number of sulfonamides is 2. The summed E-state index contributed by atoms with van der Waals surface area (Å²) in [5.41, 5.74) is 4.03. The number of aliphatic hydroxyl groups is 1. The number of amides is 2. The average Bonchev–Trinajstić information content (AvgIpc) is 3.45. The van der Waals surface area contributed by atoms with Crippen molar-refractivity contribution in [2.75, 3.05) is 5.01 Å². The second-order valence-corrected chi connectivity index (χ2v) is 14.5. The number of hydrazine groups is 1. The number of nitrogens with one attached hydrogen (secondary N) is 2. The average molecular weight is 705 g/mol. The Morgan fingerprint density at radius 3 is 2.17 bits per heavy atom. The van der Waals surface area contributed by atoms with Gasteiger partial charge < -0.3 is 10.4 Å². The molecule has 2 amide bonds. The van der Waals surface area contributed by atoms with Crippen LogP contribution < -0.4 is 26.0 Å². The molecule has 240 valence electrons. The number of nitrogens with zero attached hydrogens (tertiary/aromatic N) is 1. The van der Waals surface area contributed by atoms with Crippen LogP contribution in [0, 0.1) is 0 Å². The molecule has 2 aliphatic heterocycles. The van der Waals surface area contributed by atoms with Crippen molar-refractivity contribution in [3.05, 3.63) is 123 Å². The second kappa shape index (κ2) is 12.3. The van der Waals surface area contributed by atoms with Crippen molar-refractivity contribution in [3.8, 4) is 0 Å². The van der Waals surface area contributed by atoms with E-state index in [-0.39, 0.29) is 37.0 Å². The Morgan fingerprint density at radius 2 is 1.50 bits per heavy atom. The number of rotatable bonds is 5. The normalized spacial score (nSPS) is 18.6. The van der Waals surface area contributed by atoms with Crippen LogP contribution >= 0.6 is 23.2 Å². The molecule has 4 aromatic rings. The number of benzene rings is 4. The minimum absolute atomic E-state index is 0.0195. The molecule has 0 aromatic heterocycles. The molecule has 0 radical (unpaired) electrons. The van der Waals surface area contributed by atoms with E-state index in [9.17, 15) is 31.5 Å². The molecule has 0 saturated carbocycles. The van der Waals surface area contributed by atoms with Crippen LogP contribution in [-0.4, -0.2) is 39.8 Å². The van der Waals surface area contributed by atoms with Gasteiger partial charge in [-0.05, 0) is 61.4 Å². The molecule has 12 nitrogen and oxygen atoms in total. The second-order valence-electron chi connectivity index (χ2n) is 10.6. The van der Waals surface area contributed by atoms with Gasteiger partial charge in [0.15, 0.2) is 5.72 Å². The zero-order valence-corrected chi connectivity index (χ0v) is 27.1. The number of para-hydroxylation sites is 1. The smallest absolute Gasteiger partial charge is 0.269 e. The summed E-state index contributed by atoms with van der Waals surface area (Å²) in [4.78, 5) is 23.9. The van der Waals surface area contributed by atoms with Gasteiger partial charge in [0.1, 0.15) is 9.79 Å². The predicted molar refractivity (Wildman–Crippen MR) is 172 cm³/mol. The van der Waals surface area contributed by atoms with E-state index in [1.165, 1.54) is 30.3 Å². The molecule has 2 unspecified atom stereocenters. The Kier molecular flexibility index (Phi) is 8.92. The van der Waals surface area contributed by atoms with Crippen LogP contribution in [-0.2, 0) is 32.2 Å². The maximum Gasteiger partial charge on any atom is 0.269 e. The third-order valence-electron chi connectivity index (χ3n) is 7.44. The first-order valence-corrected chi connectivity index (χ1v) is 17.3. The highest BCUT2D eigenvalue weighted by molar-refractivity contribution is 7.89. The quantitative estimate of drug-likeness (QED) is 0.209. The summed E-state index contributed by atoms with van der Waals surface area (Å²) in [5, 5.41) is 25.2. The van der Waals surface area contributed by atoms with E-state index in [0.717, 1.165) is 23.7 Å². The number of primary sulfonamides is 2. The maximum absolute atomic E-state index is 12.5. The summed E-state index contributed by atoms with van der Waals surface area (Å²) in [6.07, 6.45) is 0.819. The molecular formula is C30H27Cl2N5O7S2. The number of hydrogen-bond acceptors (Lipinski definition) is 8. The molecular weight excluding hydrogens is 677 g/mol. The third-order valence-corrected chi connectivity index (χ3v) is 10.2. The minimum atomic E-state index is -4.06. The number of nitrogens with two attached hydrogens (primary N) is 2. The van der Waals surface area contributed by atoms with Crippen molar-refractivity contribution in [2.24, 2.45) is 10.3 Å². The van der Waals surface area contributed by atoms with E-state index < -0.39 is 37.6 Å². The van der Waals surface area contributed by atoms with Gasteiger partial charge in [-0.15, -0.1) is 0 Å². The zero-order valence-electron chi connectivity index (χ0n) is 23.9. The summed E-state index contributed by atoms with van der Waals surface area (Å²) in [6.45, 7) is 2.00. The standard InChI is InChI=1S/C16H16ClN3O3S.C14H11ClN2O4S/c1-10-8-11-4-2-3-5-14(11)20(10)19-16(21)12-6-7-13(17)15(9-12)24(18,22)23;15-11-6-5-8(7-12(11)22(16,20)21)14(19)10-4-2-1-3-9(10)13(18)17-14/h2-7,9-10H,8H2,1H3,(H,19,21)(H2,18,22,23);1-7,19H,(H,17,18)(H2,16,20,21). The van der Waals surface area contributed by atoms with E-state index >= 15 is 0 Å². The Balaban J connectivity index is 0.000000182. The van der Waals surface area contributed by atoms with Gasteiger partial charge in [-0.1, -0.05) is 65.7 Å². The number of carbonyl (C=O) groups excluding carboxylic acids is 2. The number of carbonyl (C=O) groups is 2. The van der Waals surface area contributed by atoms with E-state index in [1.54, 1.807) is 29.3 Å². The van der Waals surface area contributed by atoms with Crippen LogP contribution in [0.25, 0.3) is 0 Å². The SMILES string of the molecule is CC1Cc2ccccc2N1NC(=O)c1ccc(Cl)c(S(N)(=O)=O)c1.NS(=O)(=O)c1cc(C2(O)NC(=O)c3ccccc32)ccc1Cl. The Bertz CT molecular complexity index is 2110. The van der Waals surface area contributed by atoms with Crippen LogP contribution in [0.3, 0.4) is 0 Å². The zero-order chi connectivity index (χ0) is 33.6. The Morgan fingerprint density at radius 1 is 0.913 bits per heavy atom. The molecule has 4 aromatic carbocycles. The summed E-state index contributed by atoms with van der Waals surface area (Å²) in [7, 11) is -8.06. The van der Waals surface area contributed by atoms with Crippen LogP contribution in [0.5, 0.6) is 0 Å². The van der Waals surface area contributed by atoms with Crippen molar-refractivity contribution >= 4 is 60.8 Å². The molecule has 2 heterocycles. The Hall–Kier alpha value is -4.02. The molecule has 0 bridgehead atoms. The number of fused-ring (bicyclic) bond motifs is 2. The first-order chi connectivity index (χ1) is 21.5. The van der Waals surface area contributed by atoms with E-state index in [2.05, 4.69) is 10.7 Å². The predicted octanol–water partition coefficient (Wildman–Crippen LogP) is 3.01. The summed E-state index contributed by atoms with van der Waals surface area (Å²) >= 11 is 11.7. The van der Waals surface area contributed by atoms with E-state index in [0.29, 0.717) is 11.1 Å². The Labute approximate surface area is 275 Å². The summed E-state index contributed by atoms with van der Waals surface area (Å²) < 4.78 is 46.2. The van der Waals surface area contributed by atoms with Crippen molar-refractivity contribution in [1.29, 1.82) is 0 Å². The lowest BCUT2D eigenvalue weighted by atomic mass is 9.94. The monoisotopic (exact) mass is 703 g/mol. The van der Waals surface area contributed by atoms with Gasteiger partial charge in [0.25, 0.3) is 11.8 Å². The number of anilines is 1. The van der Waals surface area contributed by atoms with Gasteiger partial charge in [-0.2, -0.15) is 0 Å². The highest BCUT2D eigenvalue weighted by atomic mass is 35.5. The van der Waals surface area contributed by atoms with Crippen LogP contribution in [0.15, 0.2) is 94.7 Å². The van der Waals surface area contributed by atoms with Gasteiger partial charge in [0.2, 0.25) is 20.0 Å². The van der Waals surface area contributed by atoms with Gasteiger partial charge in [0.05, 0.1) is 21.8 Å². The van der Waals surface area contributed by atoms with Gasteiger partial charge in [-0.3, -0.25) is 20.0 Å². The molecule has 6 rings (SSSR count). The molecule has 7 N–H and O–H groups in total. The lowest BCUT2D eigenvalue weighted by molar-refractivity contribution is 0.0474. The molecule has 46 heavy (non-hydrogen) atoms. The lowest BCUT2D eigenvalue weighted by Gasteiger charge is -2.25. The molecule has 0 fully saturated rings. The largest absolute Gasteiger partial charge is 0.363 e. The van der Waals surface area contributed by atoms with Crippen molar-refractivity contribution < 1.29 is 31.5 Å². The first-order valence-electron chi connectivity index (χ1n) is 13.5. The van der Waals surface area contributed by atoms with Crippen LogP contribution in [0.1, 0.15) is 44.3 Å². The highest BCUT2D eigenvalue weighted by Crippen LogP contribution is 2.37. The number of halogens is 2. The fraction of sp³-hybridized carbons (Fsp3) is 0.133. The van der Waals surface area contributed by atoms with Gasteiger partial charge >= 0.3 is 0 Å². The minimum Gasteiger partial charge on any atom is -0.363 e. The van der Waals surface area contributed by atoms with Crippen molar-refractivity contribution in [1.82, 2.24) is 10.7 Å². The van der Waals surface area contributed by atoms with Crippen LogP contribution in [0.2, 0.25) is 10.0 Å². The van der Waals surface area contributed by atoms with Crippen molar-refractivity contribution in [2.45, 2.75) is 34.9 Å². The molecule has 0 spiro atoms. The summed E-state index contributed by atoms with van der Waals surface area (Å²) in [5.74, 6) is -0.884. The fourth-order valence-electron chi connectivity index (χ4n) is 5.24. The molecule has 16 heteroatoms. The molecule has 2 aliphatic rings. The van der Waals surface area contributed by atoms with Crippen molar-refractivity contribution in [3.63, 3.8) is 0 Å². The first kappa shape index (κ1) is 33.3. The molecule has 0 saturated heterocycles. The lowest BCUT2D eigenvalue weighted by Crippen LogP contribution is -2.45. The van der Waals surface area contributed by atoms with E-state index in [4.69, 9.17) is 33.5 Å². The summed E-state index contributed by atoms with van der Waals surface area (Å²) in [6, 6.07) is 22.2.